The Hall–Kier alpha value is -0.950. The van der Waals surface area contributed by atoms with Gasteiger partial charge in [0.2, 0.25) is 0 Å². The smallest absolute Gasteiger partial charge is 0.168 e. The van der Waals surface area contributed by atoms with Crippen LogP contribution in [0.25, 0.3) is 0 Å². The largest absolute Gasteiger partial charge is 0.494 e. The third-order valence-electron chi connectivity index (χ3n) is 2.83. The quantitative estimate of drug-likeness (QED) is 0.645. The Bertz CT molecular complexity index is 561. The van der Waals surface area contributed by atoms with Crippen molar-refractivity contribution in [1.29, 1.82) is 0 Å². The molecule has 0 aliphatic heterocycles. The van der Waals surface area contributed by atoms with Crippen molar-refractivity contribution in [3.63, 3.8) is 0 Å². The summed E-state index contributed by atoms with van der Waals surface area (Å²) in [6.45, 7) is 0. The fourth-order valence-electron chi connectivity index (χ4n) is 1.85. The Labute approximate surface area is 123 Å². The van der Waals surface area contributed by atoms with Crippen molar-refractivity contribution in [3.8, 4) is 5.75 Å². The van der Waals surface area contributed by atoms with Crippen LogP contribution in [0.2, 0.25) is 0 Å². The van der Waals surface area contributed by atoms with E-state index in [0.717, 1.165) is 8.66 Å². The van der Waals surface area contributed by atoms with Gasteiger partial charge in [0.25, 0.3) is 0 Å². The van der Waals surface area contributed by atoms with Gasteiger partial charge in [-0.15, -0.1) is 11.3 Å². The van der Waals surface area contributed by atoms with Crippen LogP contribution in [0.3, 0.4) is 0 Å². The highest BCUT2D eigenvalue weighted by atomic mass is 79.9. The van der Waals surface area contributed by atoms with Gasteiger partial charge in [0.1, 0.15) is 0 Å². The Morgan fingerprint density at radius 1 is 1.42 bits per heavy atom. The van der Waals surface area contributed by atoms with E-state index in [1.54, 1.807) is 29.5 Å². The number of nitrogens with two attached hydrogens (primary N) is 1. The summed E-state index contributed by atoms with van der Waals surface area (Å²) in [5.74, 6) is 5.49. The average Bonchev–Trinajstić information content (AvgIpc) is 2.84. The Kier molecular flexibility index (Phi) is 4.93. The third kappa shape index (κ3) is 3.33. The molecule has 2 aromatic rings. The van der Waals surface area contributed by atoms with Crippen molar-refractivity contribution in [1.82, 2.24) is 5.43 Å². The number of ether oxygens (including phenoxy) is 1. The van der Waals surface area contributed by atoms with Crippen LogP contribution >= 0.6 is 27.3 Å². The summed E-state index contributed by atoms with van der Waals surface area (Å²) in [6, 6.07) is 8.91. The minimum absolute atomic E-state index is 0.127. The van der Waals surface area contributed by atoms with Crippen LogP contribution in [0.5, 0.6) is 5.75 Å². The second-order valence-corrected chi connectivity index (χ2v) is 6.49. The van der Waals surface area contributed by atoms with E-state index in [-0.39, 0.29) is 17.6 Å². The maximum absolute atomic E-state index is 14.1. The second-order valence-electron chi connectivity index (χ2n) is 4.00. The minimum atomic E-state index is -0.333. The van der Waals surface area contributed by atoms with Gasteiger partial charge in [-0.05, 0) is 46.1 Å². The monoisotopic (exact) mass is 344 g/mol. The van der Waals surface area contributed by atoms with Crippen LogP contribution in [0.4, 0.5) is 4.39 Å². The number of methoxy groups -OCH3 is 1. The first-order valence-electron chi connectivity index (χ1n) is 5.68. The van der Waals surface area contributed by atoms with Gasteiger partial charge in [-0.2, -0.15) is 0 Å². The molecule has 0 saturated carbocycles. The molecule has 2 rings (SSSR count). The lowest BCUT2D eigenvalue weighted by molar-refractivity contribution is 0.382. The molecule has 1 unspecified atom stereocenters. The third-order valence-corrected chi connectivity index (χ3v) is 4.56. The zero-order valence-corrected chi connectivity index (χ0v) is 12.7. The predicted octanol–water partition coefficient (Wildman–Crippen LogP) is 3.41. The van der Waals surface area contributed by atoms with Crippen LogP contribution in [0.1, 0.15) is 16.5 Å². The Morgan fingerprint density at radius 3 is 2.79 bits per heavy atom. The van der Waals surface area contributed by atoms with Gasteiger partial charge < -0.3 is 4.74 Å². The predicted molar refractivity (Wildman–Crippen MR) is 78.7 cm³/mol. The van der Waals surface area contributed by atoms with Crippen molar-refractivity contribution in [3.05, 3.63) is 50.4 Å². The number of hydrazine groups is 1. The van der Waals surface area contributed by atoms with Crippen LogP contribution in [0.15, 0.2) is 34.1 Å². The van der Waals surface area contributed by atoms with E-state index in [0.29, 0.717) is 12.0 Å². The summed E-state index contributed by atoms with van der Waals surface area (Å²) in [7, 11) is 1.46. The van der Waals surface area contributed by atoms with Crippen LogP contribution in [-0.4, -0.2) is 7.11 Å². The average molecular weight is 345 g/mol. The summed E-state index contributed by atoms with van der Waals surface area (Å²) < 4.78 is 20.1. The first-order valence-corrected chi connectivity index (χ1v) is 7.29. The van der Waals surface area contributed by atoms with Gasteiger partial charge >= 0.3 is 0 Å². The van der Waals surface area contributed by atoms with E-state index >= 15 is 0 Å². The first kappa shape index (κ1) is 14.5. The molecule has 0 aliphatic rings. The van der Waals surface area contributed by atoms with Gasteiger partial charge in [0.05, 0.1) is 16.9 Å². The lowest BCUT2D eigenvalue weighted by Gasteiger charge is -2.15. The zero-order chi connectivity index (χ0) is 13.8. The summed E-state index contributed by atoms with van der Waals surface area (Å²) in [5.41, 5.74) is 3.30. The molecule has 3 N–H and O–H groups in total. The lowest BCUT2D eigenvalue weighted by Crippen LogP contribution is -2.29. The number of hydrogen-bond acceptors (Lipinski definition) is 4. The Balaban J connectivity index is 2.23. The molecule has 1 heterocycles. The summed E-state index contributed by atoms with van der Waals surface area (Å²) in [5, 5.41) is 0. The van der Waals surface area contributed by atoms with Crippen molar-refractivity contribution in [2.75, 3.05) is 7.11 Å². The molecule has 0 aliphatic carbocycles. The van der Waals surface area contributed by atoms with Crippen LogP contribution < -0.4 is 16.0 Å². The number of rotatable bonds is 5. The maximum Gasteiger partial charge on any atom is 0.168 e. The highest BCUT2D eigenvalue weighted by Crippen LogP contribution is 2.30. The molecule has 19 heavy (non-hydrogen) atoms. The maximum atomic E-state index is 14.1. The van der Waals surface area contributed by atoms with E-state index in [2.05, 4.69) is 21.4 Å². The molecule has 0 radical (unpaired) electrons. The molecule has 0 saturated heterocycles. The number of benzene rings is 1. The number of nitrogens with one attached hydrogen (secondary N) is 1. The van der Waals surface area contributed by atoms with Gasteiger partial charge in [-0.25, -0.2) is 4.39 Å². The second kappa shape index (κ2) is 6.47. The van der Waals surface area contributed by atoms with E-state index in [9.17, 15) is 4.39 Å². The van der Waals surface area contributed by atoms with Crippen molar-refractivity contribution >= 4 is 27.3 Å². The van der Waals surface area contributed by atoms with Crippen molar-refractivity contribution < 1.29 is 9.13 Å². The summed E-state index contributed by atoms with van der Waals surface area (Å²) in [6.07, 6.45) is 0.465. The van der Waals surface area contributed by atoms with E-state index in [4.69, 9.17) is 10.6 Å². The van der Waals surface area contributed by atoms with Gasteiger partial charge in [0, 0.05) is 4.88 Å². The molecule has 0 spiro atoms. The highest BCUT2D eigenvalue weighted by Gasteiger charge is 2.16. The molecule has 3 nitrogen and oxygen atoms in total. The standard InChI is InChI=1S/C13H14BrFN2OS/c1-18-10-4-2-3-8(13(10)15)7-9(17-16)11-5-6-12(14)19-11/h2-6,9,17H,7,16H2,1H3. The van der Waals surface area contributed by atoms with Crippen molar-refractivity contribution in [2.24, 2.45) is 5.84 Å². The van der Waals surface area contributed by atoms with Gasteiger partial charge in [0.15, 0.2) is 11.6 Å². The lowest BCUT2D eigenvalue weighted by atomic mass is 10.0. The molecule has 0 fully saturated rings. The molecule has 1 aromatic carbocycles. The molecule has 6 heteroatoms. The number of halogens is 2. The fourth-order valence-corrected chi connectivity index (χ4v) is 3.33. The first-order chi connectivity index (χ1) is 9.15. The molecule has 0 bridgehead atoms. The van der Waals surface area contributed by atoms with E-state index < -0.39 is 0 Å². The number of hydrogen-bond donors (Lipinski definition) is 2. The number of thiophene rings is 1. The molecule has 0 amide bonds. The molecular formula is C13H14BrFN2OS. The Morgan fingerprint density at radius 2 is 2.21 bits per heavy atom. The molecular weight excluding hydrogens is 331 g/mol. The summed E-state index contributed by atoms with van der Waals surface area (Å²) >= 11 is 4.98. The van der Waals surface area contributed by atoms with Gasteiger partial charge in [-0.1, -0.05) is 12.1 Å². The SMILES string of the molecule is COc1cccc(CC(NN)c2ccc(Br)s2)c1F. The van der Waals surface area contributed by atoms with Crippen molar-refractivity contribution in [2.45, 2.75) is 12.5 Å². The van der Waals surface area contributed by atoms with Crippen LogP contribution in [0, 0.1) is 5.82 Å². The zero-order valence-electron chi connectivity index (χ0n) is 10.3. The minimum Gasteiger partial charge on any atom is -0.494 e. The van der Waals surface area contributed by atoms with E-state index in [1.165, 1.54) is 7.11 Å². The summed E-state index contributed by atoms with van der Waals surface area (Å²) in [4.78, 5) is 1.05. The molecule has 1 atom stereocenters. The van der Waals surface area contributed by atoms with Crippen LogP contribution in [-0.2, 0) is 6.42 Å². The van der Waals surface area contributed by atoms with Gasteiger partial charge in [-0.3, -0.25) is 11.3 Å². The highest BCUT2D eigenvalue weighted by molar-refractivity contribution is 9.11. The topological polar surface area (TPSA) is 47.3 Å². The molecule has 1 aromatic heterocycles. The van der Waals surface area contributed by atoms with E-state index in [1.807, 2.05) is 12.1 Å². The fraction of sp³-hybridized carbons (Fsp3) is 0.231. The molecule has 102 valence electrons. The normalized spacial score (nSPS) is 12.4.